The molecule has 3 aromatic rings. The molecule has 0 aliphatic rings. The Balaban J connectivity index is 1.86. The second kappa shape index (κ2) is 5.14. The van der Waals surface area contributed by atoms with Gasteiger partial charge in [0.05, 0.1) is 6.54 Å². The lowest BCUT2D eigenvalue weighted by Gasteiger charge is -2.11. The maximum absolute atomic E-state index is 4.16. The summed E-state index contributed by atoms with van der Waals surface area (Å²) in [6, 6.07) is 12.6. The third kappa shape index (κ3) is 2.32. The molecule has 1 N–H and O–H groups in total. The zero-order chi connectivity index (χ0) is 13.1. The maximum atomic E-state index is 4.16. The molecule has 0 fully saturated rings. The number of hydrogen-bond donors (Lipinski definition) is 1. The standard InChI is InChI=1S/C16H17N3/c1-2-19-10-4-6-14(19)12-18-16-7-3-5-13-11-17-9-8-15(13)16/h3-11,18H,2,12H2,1H3. The summed E-state index contributed by atoms with van der Waals surface area (Å²) in [7, 11) is 0. The predicted octanol–water partition coefficient (Wildman–Crippen LogP) is 3.67. The summed E-state index contributed by atoms with van der Waals surface area (Å²) in [4.78, 5) is 4.16. The van der Waals surface area contributed by atoms with Gasteiger partial charge in [-0.3, -0.25) is 4.98 Å². The van der Waals surface area contributed by atoms with Crippen molar-refractivity contribution < 1.29 is 0 Å². The lowest BCUT2D eigenvalue weighted by atomic mass is 10.1. The molecular weight excluding hydrogens is 234 g/mol. The number of nitrogens with one attached hydrogen (secondary N) is 1. The fourth-order valence-corrected chi connectivity index (χ4v) is 2.38. The smallest absolute Gasteiger partial charge is 0.0553 e. The van der Waals surface area contributed by atoms with Gasteiger partial charge in [-0.05, 0) is 31.2 Å². The van der Waals surface area contributed by atoms with Crippen LogP contribution in [0.5, 0.6) is 0 Å². The topological polar surface area (TPSA) is 29.9 Å². The van der Waals surface area contributed by atoms with Crippen LogP contribution in [0.25, 0.3) is 10.8 Å². The SMILES string of the molecule is CCn1cccc1CNc1cccc2cnccc12. The first-order valence-electron chi connectivity index (χ1n) is 6.59. The third-order valence-corrected chi connectivity index (χ3v) is 3.40. The highest BCUT2D eigenvalue weighted by Crippen LogP contribution is 2.22. The van der Waals surface area contributed by atoms with E-state index in [1.54, 1.807) is 0 Å². The van der Waals surface area contributed by atoms with Gasteiger partial charge in [-0.25, -0.2) is 0 Å². The van der Waals surface area contributed by atoms with Crippen LogP contribution in [0.4, 0.5) is 5.69 Å². The van der Waals surface area contributed by atoms with Gasteiger partial charge in [-0.1, -0.05) is 12.1 Å². The van der Waals surface area contributed by atoms with Gasteiger partial charge in [0, 0.05) is 47.3 Å². The van der Waals surface area contributed by atoms with E-state index in [-0.39, 0.29) is 0 Å². The van der Waals surface area contributed by atoms with Crippen molar-refractivity contribution in [2.24, 2.45) is 0 Å². The van der Waals surface area contributed by atoms with E-state index in [4.69, 9.17) is 0 Å². The van der Waals surface area contributed by atoms with Crippen molar-refractivity contribution >= 4 is 16.5 Å². The summed E-state index contributed by atoms with van der Waals surface area (Å²) in [6.07, 6.45) is 5.85. The van der Waals surface area contributed by atoms with Gasteiger partial charge in [0.2, 0.25) is 0 Å². The molecule has 2 heterocycles. The van der Waals surface area contributed by atoms with Crippen LogP contribution in [0.2, 0.25) is 0 Å². The molecular formula is C16H17N3. The minimum Gasteiger partial charge on any atom is -0.379 e. The van der Waals surface area contributed by atoms with Crippen LogP contribution in [-0.2, 0) is 13.1 Å². The number of anilines is 1. The second-order valence-corrected chi connectivity index (χ2v) is 4.54. The first kappa shape index (κ1) is 11.8. The largest absolute Gasteiger partial charge is 0.379 e. The van der Waals surface area contributed by atoms with E-state index in [0.29, 0.717) is 0 Å². The van der Waals surface area contributed by atoms with Gasteiger partial charge < -0.3 is 9.88 Å². The van der Waals surface area contributed by atoms with Crippen molar-refractivity contribution in [3.63, 3.8) is 0 Å². The van der Waals surface area contributed by atoms with E-state index in [0.717, 1.165) is 18.8 Å². The van der Waals surface area contributed by atoms with Crippen molar-refractivity contribution in [2.75, 3.05) is 5.32 Å². The van der Waals surface area contributed by atoms with Crippen LogP contribution in [0.3, 0.4) is 0 Å². The molecule has 3 heteroatoms. The Kier molecular flexibility index (Phi) is 3.19. The molecule has 96 valence electrons. The van der Waals surface area contributed by atoms with Gasteiger partial charge in [0.15, 0.2) is 0 Å². The van der Waals surface area contributed by atoms with Gasteiger partial charge >= 0.3 is 0 Å². The molecule has 0 spiro atoms. The summed E-state index contributed by atoms with van der Waals surface area (Å²) < 4.78 is 2.25. The molecule has 3 nitrogen and oxygen atoms in total. The number of nitrogens with zero attached hydrogens (tertiary/aromatic N) is 2. The number of aryl methyl sites for hydroxylation is 1. The van der Waals surface area contributed by atoms with E-state index in [1.807, 2.05) is 12.4 Å². The highest BCUT2D eigenvalue weighted by Gasteiger charge is 2.02. The quantitative estimate of drug-likeness (QED) is 0.766. The molecule has 0 aliphatic carbocycles. The van der Waals surface area contributed by atoms with Crippen molar-refractivity contribution in [3.05, 3.63) is 60.7 Å². The van der Waals surface area contributed by atoms with E-state index in [2.05, 4.69) is 64.4 Å². The molecule has 0 unspecified atom stereocenters. The average molecular weight is 251 g/mol. The zero-order valence-electron chi connectivity index (χ0n) is 11.0. The van der Waals surface area contributed by atoms with Crippen molar-refractivity contribution in [1.82, 2.24) is 9.55 Å². The second-order valence-electron chi connectivity index (χ2n) is 4.54. The molecule has 0 atom stereocenters. The Hall–Kier alpha value is -2.29. The van der Waals surface area contributed by atoms with Crippen molar-refractivity contribution in [1.29, 1.82) is 0 Å². The maximum Gasteiger partial charge on any atom is 0.0553 e. The monoisotopic (exact) mass is 251 g/mol. The highest BCUT2D eigenvalue weighted by atomic mass is 15.0. The van der Waals surface area contributed by atoms with Crippen LogP contribution < -0.4 is 5.32 Å². The number of rotatable bonds is 4. The van der Waals surface area contributed by atoms with Crippen LogP contribution in [0.15, 0.2) is 55.0 Å². The molecule has 0 aliphatic heterocycles. The van der Waals surface area contributed by atoms with E-state index >= 15 is 0 Å². The Bertz CT molecular complexity index is 680. The van der Waals surface area contributed by atoms with E-state index < -0.39 is 0 Å². The minimum atomic E-state index is 0.836. The van der Waals surface area contributed by atoms with Crippen LogP contribution in [-0.4, -0.2) is 9.55 Å². The molecule has 0 bridgehead atoms. The summed E-state index contributed by atoms with van der Waals surface area (Å²) in [5, 5.41) is 5.90. The molecule has 1 aromatic carbocycles. The molecule has 0 amide bonds. The fraction of sp³-hybridized carbons (Fsp3) is 0.188. The number of aromatic nitrogens is 2. The van der Waals surface area contributed by atoms with E-state index in [1.165, 1.54) is 16.5 Å². The van der Waals surface area contributed by atoms with Crippen molar-refractivity contribution in [3.8, 4) is 0 Å². The summed E-state index contributed by atoms with van der Waals surface area (Å²) >= 11 is 0. The Morgan fingerprint density at radius 1 is 1.16 bits per heavy atom. The lowest BCUT2D eigenvalue weighted by molar-refractivity contribution is 0.724. The predicted molar refractivity (Wildman–Crippen MR) is 79.2 cm³/mol. The average Bonchev–Trinajstić information content (AvgIpc) is 2.92. The van der Waals surface area contributed by atoms with Gasteiger partial charge in [-0.15, -0.1) is 0 Å². The van der Waals surface area contributed by atoms with Crippen LogP contribution in [0, 0.1) is 0 Å². The number of benzene rings is 1. The minimum absolute atomic E-state index is 0.836. The number of hydrogen-bond acceptors (Lipinski definition) is 2. The van der Waals surface area contributed by atoms with Gasteiger partial charge in [-0.2, -0.15) is 0 Å². The zero-order valence-corrected chi connectivity index (χ0v) is 11.0. The molecule has 19 heavy (non-hydrogen) atoms. The summed E-state index contributed by atoms with van der Waals surface area (Å²) in [6.45, 7) is 4.00. The molecule has 0 radical (unpaired) electrons. The molecule has 0 saturated heterocycles. The number of fused-ring (bicyclic) bond motifs is 1. The van der Waals surface area contributed by atoms with Crippen LogP contribution >= 0.6 is 0 Å². The fourth-order valence-electron chi connectivity index (χ4n) is 2.38. The molecule has 0 saturated carbocycles. The van der Waals surface area contributed by atoms with E-state index in [9.17, 15) is 0 Å². The molecule has 3 rings (SSSR count). The Labute approximate surface area is 112 Å². The molecule has 2 aromatic heterocycles. The first-order valence-corrected chi connectivity index (χ1v) is 6.59. The summed E-state index contributed by atoms with van der Waals surface area (Å²) in [5.41, 5.74) is 2.46. The normalized spacial score (nSPS) is 10.8. The highest BCUT2D eigenvalue weighted by molar-refractivity contribution is 5.93. The Morgan fingerprint density at radius 2 is 2.11 bits per heavy atom. The lowest BCUT2D eigenvalue weighted by Crippen LogP contribution is -2.06. The number of pyridine rings is 1. The van der Waals surface area contributed by atoms with Crippen LogP contribution in [0.1, 0.15) is 12.6 Å². The summed E-state index contributed by atoms with van der Waals surface area (Å²) in [5.74, 6) is 0. The third-order valence-electron chi connectivity index (χ3n) is 3.40. The van der Waals surface area contributed by atoms with Crippen molar-refractivity contribution in [2.45, 2.75) is 20.0 Å². The van der Waals surface area contributed by atoms with Gasteiger partial charge in [0.1, 0.15) is 0 Å². The van der Waals surface area contributed by atoms with Gasteiger partial charge in [0.25, 0.3) is 0 Å². The first-order chi connectivity index (χ1) is 9.38. The Morgan fingerprint density at radius 3 is 3.00 bits per heavy atom.